The lowest BCUT2D eigenvalue weighted by molar-refractivity contribution is -0.0571. The van der Waals surface area contributed by atoms with Crippen molar-refractivity contribution in [2.24, 2.45) is 5.10 Å². The number of hydrazone groups is 1. The van der Waals surface area contributed by atoms with Crippen LogP contribution in [0.25, 0.3) is 0 Å². The van der Waals surface area contributed by atoms with Crippen molar-refractivity contribution in [2.75, 3.05) is 20.6 Å². The fourth-order valence-electron chi connectivity index (χ4n) is 4.35. The SMILES string of the molecule is CN(C)C(=O)N1N=C(c2cc(F)ccc2F)OC1(CCCNC1CC=CCC1)c1ccccc1. The molecule has 2 atom stereocenters. The average Bonchev–Trinajstić information content (AvgIpc) is 3.24. The number of halogens is 2. The maximum absolute atomic E-state index is 14.6. The lowest BCUT2D eigenvalue weighted by Crippen LogP contribution is -2.49. The van der Waals surface area contributed by atoms with Crippen LogP contribution in [0.5, 0.6) is 0 Å². The zero-order valence-electron chi connectivity index (χ0n) is 19.5. The number of rotatable bonds is 7. The standard InChI is InChI=1S/C26H30F2N4O2/c1-31(2)25(33)32-26(19-10-5-3-6-11-19,16-9-17-29-21-12-7-4-8-13-21)34-24(30-32)22-18-20(27)14-15-23(22)28/h3-7,10-11,14-15,18,21,29H,8-9,12-13,16-17H2,1-2H3. The summed E-state index contributed by atoms with van der Waals surface area (Å²) in [6, 6.07) is 12.4. The zero-order valence-corrected chi connectivity index (χ0v) is 19.5. The van der Waals surface area contributed by atoms with Gasteiger partial charge in [0.15, 0.2) is 0 Å². The molecule has 0 fully saturated rings. The first-order valence-electron chi connectivity index (χ1n) is 11.6. The smallest absolute Gasteiger partial charge is 0.343 e. The molecule has 0 bridgehead atoms. The third kappa shape index (κ3) is 4.97. The van der Waals surface area contributed by atoms with Gasteiger partial charge in [0.25, 0.3) is 0 Å². The summed E-state index contributed by atoms with van der Waals surface area (Å²) in [7, 11) is 3.24. The van der Waals surface area contributed by atoms with E-state index in [1.54, 1.807) is 14.1 Å². The lowest BCUT2D eigenvalue weighted by Gasteiger charge is -2.36. The number of benzene rings is 2. The highest BCUT2D eigenvalue weighted by Gasteiger charge is 2.50. The van der Waals surface area contributed by atoms with Crippen LogP contribution in [-0.2, 0) is 10.5 Å². The molecule has 2 amide bonds. The molecule has 1 heterocycles. The van der Waals surface area contributed by atoms with Gasteiger partial charge >= 0.3 is 6.03 Å². The molecule has 180 valence electrons. The molecule has 0 spiro atoms. The predicted octanol–water partition coefficient (Wildman–Crippen LogP) is 4.97. The van der Waals surface area contributed by atoms with Crippen molar-refractivity contribution in [2.45, 2.75) is 43.9 Å². The van der Waals surface area contributed by atoms with E-state index in [2.05, 4.69) is 22.6 Å². The summed E-state index contributed by atoms with van der Waals surface area (Å²) in [5.74, 6) is -1.41. The molecule has 2 aromatic rings. The fraction of sp³-hybridized carbons (Fsp3) is 0.385. The Morgan fingerprint density at radius 1 is 1.21 bits per heavy atom. The Labute approximate surface area is 198 Å². The minimum Gasteiger partial charge on any atom is -0.443 e. The van der Waals surface area contributed by atoms with Crippen LogP contribution in [0.2, 0.25) is 0 Å². The molecule has 6 nitrogen and oxygen atoms in total. The number of allylic oxidation sites excluding steroid dienone is 1. The van der Waals surface area contributed by atoms with Crippen LogP contribution < -0.4 is 5.32 Å². The average molecular weight is 469 g/mol. The Morgan fingerprint density at radius 3 is 2.71 bits per heavy atom. The highest BCUT2D eigenvalue weighted by molar-refractivity contribution is 5.97. The normalized spacial score (nSPS) is 21.8. The van der Waals surface area contributed by atoms with Crippen molar-refractivity contribution >= 4 is 11.9 Å². The molecule has 1 aliphatic carbocycles. The molecular weight excluding hydrogens is 438 g/mol. The van der Waals surface area contributed by atoms with Crippen LogP contribution in [-0.4, -0.2) is 48.5 Å². The minimum atomic E-state index is -1.29. The molecule has 2 unspecified atom stereocenters. The second-order valence-electron chi connectivity index (χ2n) is 8.81. The molecule has 1 aliphatic heterocycles. The van der Waals surface area contributed by atoms with Gasteiger partial charge in [-0.1, -0.05) is 42.5 Å². The summed E-state index contributed by atoms with van der Waals surface area (Å²) < 4.78 is 34.9. The van der Waals surface area contributed by atoms with Crippen LogP contribution in [0, 0.1) is 11.6 Å². The van der Waals surface area contributed by atoms with Crippen LogP contribution >= 0.6 is 0 Å². The molecule has 2 aromatic carbocycles. The van der Waals surface area contributed by atoms with E-state index in [-0.39, 0.29) is 11.5 Å². The topological polar surface area (TPSA) is 57.2 Å². The molecule has 1 N–H and O–H groups in total. The first kappa shape index (κ1) is 23.9. The molecule has 0 saturated heterocycles. The second kappa shape index (κ2) is 10.3. The van der Waals surface area contributed by atoms with Gasteiger partial charge in [0.2, 0.25) is 11.6 Å². The van der Waals surface area contributed by atoms with Gasteiger partial charge in [0, 0.05) is 32.1 Å². The number of nitrogens with zero attached hydrogens (tertiary/aromatic N) is 3. The van der Waals surface area contributed by atoms with Crippen molar-refractivity contribution in [3.63, 3.8) is 0 Å². The predicted molar refractivity (Wildman–Crippen MR) is 127 cm³/mol. The number of amides is 2. The van der Waals surface area contributed by atoms with Gasteiger partial charge in [0.05, 0.1) is 5.56 Å². The lowest BCUT2D eigenvalue weighted by atomic mass is 9.96. The molecule has 34 heavy (non-hydrogen) atoms. The second-order valence-corrected chi connectivity index (χ2v) is 8.81. The number of hydrogen-bond acceptors (Lipinski definition) is 4. The number of carbonyl (C=O) groups is 1. The monoisotopic (exact) mass is 468 g/mol. The molecule has 0 aromatic heterocycles. The van der Waals surface area contributed by atoms with E-state index in [1.807, 2.05) is 30.3 Å². The van der Waals surface area contributed by atoms with Crippen molar-refractivity contribution in [3.05, 3.63) is 83.4 Å². The summed E-state index contributed by atoms with van der Waals surface area (Å²) in [6.07, 6.45) is 8.64. The number of ether oxygens (including phenoxy) is 1. The van der Waals surface area contributed by atoms with Crippen LogP contribution in [0.15, 0.2) is 65.8 Å². The van der Waals surface area contributed by atoms with Crippen molar-refractivity contribution in [1.29, 1.82) is 0 Å². The van der Waals surface area contributed by atoms with Gasteiger partial charge in [-0.25, -0.2) is 13.6 Å². The third-order valence-electron chi connectivity index (χ3n) is 6.14. The van der Waals surface area contributed by atoms with E-state index in [9.17, 15) is 13.6 Å². The Balaban J connectivity index is 1.65. The molecule has 2 aliphatic rings. The van der Waals surface area contributed by atoms with Gasteiger partial charge in [-0.15, -0.1) is 5.10 Å². The Bertz CT molecular complexity index is 1070. The van der Waals surface area contributed by atoms with Crippen LogP contribution in [0.3, 0.4) is 0 Å². The van der Waals surface area contributed by atoms with Gasteiger partial charge in [-0.2, -0.15) is 5.01 Å². The van der Waals surface area contributed by atoms with Crippen LogP contribution in [0.4, 0.5) is 13.6 Å². The van der Waals surface area contributed by atoms with E-state index >= 15 is 0 Å². The number of carbonyl (C=O) groups excluding carboxylic acids is 1. The molecule has 4 rings (SSSR count). The highest BCUT2D eigenvalue weighted by Crippen LogP contribution is 2.41. The molecular formula is C26H30F2N4O2. The number of hydrogen-bond donors (Lipinski definition) is 1. The zero-order chi connectivity index (χ0) is 24.1. The van der Waals surface area contributed by atoms with Crippen molar-refractivity contribution in [3.8, 4) is 0 Å². The molecule has 0 radical (unpaired) electrons. The summed E-state index contributed by atoms with van der Waals surface area (Å²) in [5.41, 5.74) is -0.701. The largest absolute Gasteiger partial charge is 0.443 e. The number of nitrogens with one attached hydrogen (secondary N) is 1. The highest BCUT2D eigenvalue weighted by atomic mass is 19.1. The van der Waals surface area contributed by atoms with E-state index in [0.29, 0.717) is 24.4 Å². The van der Waals surface area contributed by atoms with E-state index in [1.165, 1.54) is 9.91 Å². The Kier molecular flexibility index (Phi) is 7.26. The summed E-state index contributed by atoms with van der Waals surface area (Å²) >= 11 is 0. The quantitative estimate of drug-likeness (QED) is 0.461. The fourth-order valence-corrected chi connectivity index (χ4v) is 4.35. The first-order chi connectivity index (χ1) is 16.4. The Hall–Kier alpha value is -3.26. The maximum Gasteiger partial charge on any atom is 0.343 e. The summed E-state index contributed by atoms with van der Waals surface area (Å²) in [5, 5.41) is 9.21. The van der Waals surface area contributed by atoms with E-state index < -0.39 is 23.4 Å². The van der Waals surface area contributed by atoms with Crippen LogP contribution in [0.1, 0.15) is 43.2 Å². The maximum atomic E-state index is 14.6. The van der Waals surface area contributed by atoms with Crippen molar-refractivity contribution in [1.82, 2.24) is 15.2 Å². The summed E-state index contributed by atoms with van der Waals surface area (Å²) in [4.78, 5) is 14.6. The van der Waals surface area contributed by atoms with Gasteiger partial charge < -0.3 is 15.0 Å². The van der Waals surface area contributed by atoms with Crippen molar-refractivity contribution < 1.29 is 18.3 Å². The third-order valence-corrected chi connectivity index (χ3v) is 6.14. The first-order valence-corrected chi connectivity index (χ1v) is 11.6. The van der Waals surface area contributed by atoms with Gasteiger partial charge in [-0.3, -0.25) is 0 Å². The number of urea groups is 1. The van der Waals surface area contributed by atoms with Gasteiger partial charge in [-0.05, 0) is 50.4 Å². The van der Waals surface area contributed by atoms with E-state index in [0.717, 1.165) is 44.0 Å². The molecule has 8 heteroatoms. The van der Waals surface area contributed by atoms with Gasteiger partial charge in [0.1, 0.15) is 11.6 Å². The summed E-state index contributed by atoms with van der Waals surface area (Å²) in [6.45, 7) is 0.726. The molecule has 0 saturated carbocycles. The minimum absolute atomic E-state index is 0.124. The Morgan fingerprint density at radius 2 is 2.00 bits per heavy atom. The van der Waals surface area contributed by atoms with E-state index in [4.69, 9.17) is 4.74 Å².